The molecule has 1 saturated carbocycles. The second-order valence-corrected chi connectivity index (χ2v) is 5.37. The topological polar surface area (TPSA) is 46.9 Å². The molecule has 1 aliphatic rings. The third kappa shape index (κ3) is 2.43. The Hall–Kier alpha value is -1.81. The molecule has 2 unspecified atom stereocenters. The first-order valence-corrected chi connectivity index (χ1v) is 7.15. The molecule has 0 spiro atoms. The summed E-state index contributed by atoms with van der Waals surface area (Å²) < 4.78 is 1.36. The lowest BCUT2D eigenvalue weighted by Gasteiger charge is -2.09. The first-order valence-electron chi connectivity index (χ1n) is 6.77. The molecule has 20 heavy (non-hydrogen) atoms. The number of nitrogens with zero attached hydrogens (tertiary/aromatic N) is 2. The number of aryl methyl sites for hydroxylation is 1. The summed E-state index contributed by atoms with van der Waals surface area (Å²) >= 11 is 6.11. The standard InChI is InChI=1S/C15H16ClN3O/c1-2-19-15(20)14(16)13(9-17-19)18-12-8-11(12)10-6-4-3-5-7-10/h3-7,9,11-12,18H,2,8H2,1H3. The van der Waals surface area contributed by atoms with E-state index in [1.54, 1.807) is 6.20 Å². The largest absolute Gasteiger partial charge is 0.379 e. The van der Waals surface area contributed by atoms with Crippen molar-refractivity contribution in [3.05, 3.63) is 57.5 Å². The van der Waals surface area contributed by atoms with Crippen molar-refractivity contribution in [1.29, 1.82) is 0 Å². The number of hydrogen-bond donors (Lipinski definition) is 1. The average molecular weight is 290 g/mol. The molecular weight excluding hydrogens is 274 g/mol. The van der Waals surface area contributed by atoms with Gasteiger partial charge in [0.05, 0.1) is 11.9 Å². The molecule has 4 nitrogen and oxygen atoms in total. The molecule has 5 heteroatoms. The SMILES string of the molecule is CCn1ncc(NC2CC2c2ccccc2)c(Cl)c1=O. The van der Waals surface area contributed by atoms with E-state index in [2.05, 4.69) is 22.5 Å². The van der Waals surface area contributed by atoms with Gasteiger partial charge in [-0.15, -0.1) is 0 Å². The van der Waals surface area contributed by atoms with Crippen molar-refractivity contribution >= 4 is 17.3 Å². The molecule has 1 aromatic heterocycles. The van der Waals surface area contributed by atoms with E-state index >= 15 is 0 Å². The molecule has 3 rings (SSSR count). The van der Waals surface area contributed by atoms with E-state index < -0.39 is 0 Å². The van der Waals surface area contributed by atoms with Crippen LogP contribution in [0, 0.1) is 0 Å². The Morgan fingerprint density at radius 1 is 1.40 bits per heavy atom. The first kappa shape index (κ1) is 13.2. The predicted molar refractivity (Wildman–Crippen MR) is 80.4 cm³/mol. The molecule has 2 aromatic rings. The molecule has 0 bridgehead atoms. The van der Waals surface area contributed by atoms with Crippen molar-refractivity contribution in [1.82, 2.24) is 9.78 Å². The quantitative estimate of drug-likeness (QED) is 0.941. The lowest BCUT2D eigenvalue weighted by molar-refractivity contribution is 0.616. The molecule has 1 aliphatic carbocycles. The lowest BCUT2D eigenvalue weighted by Crippen LogP contribution is -2.23. The summed E-state index contributed by atoms with van der Waals surface area (Å²) in [6.45, 7) is 2.39. The van der Waals surface area contributed by atoms with Gasteiger partial charge in [-0.2, -0.15) is 5.10 Å². The van der Waals surface area contributed by atoms with Crippen LogP contribution in [-0.2, 0) is 6.54 Å². The third-order valence-electron chi connectivity index (χ3n) is 3.64. The van der Waals surface area contributed by atoms with Gasteiger partial charge >= 0.3 is 0 Å². The summed E-state index contributed by atoms with van der Waals surface area (Å²) in [6, 6.07) is 10.7. The van der Waals surface area contributed by atoms with Gasteiger partial charge in [-0.25, -0.2) is 4.68 Å². The van der Waals surface area contributed by atoms with Crippen molar-refractivity contribution in [2.75, 3.05) is 5.32 Å². The van der Waals surface area contributed by atoms with Crippen LogP contribution in [0.3, 0.4) is 0 Å². The van der Waals surface area contributed by atoms with Gasteiger partial charge in [0.2, 0.25) is 0 Å². The zero-order valence-corrected chi connectivity index (χ0v) is 12.0. The van der Waals surface area contributed by atoms with Crippen molar-refractivity contribution in [3.8, 4) is 0 Å². The maximum atomic E-state index is 11.9. The second kappa shape index (κ2) is 5.29. The zero-order valence-electron chi connectivity index (χ0n) is 11.2. The highest BCUT2D eigenvalue weighted by atomic mass is 35.5. The van der Waals surface area contributed by atoms with E-state index in [0.717, 1.165) is 6.42 Å². The highest BCUT2D eigenvalue weighted by Gasteiger charge is 2.38. The van der Waals surface area contributed by atoms with Gasteiger partial charge in [-0.05, 0) is 18.9 Å². The molecule has 104 valence electrons. The van der Waals surface area contributed by atoms with Crippen molar-refractivity contribution in [2.24, 2.45) is 0 Å². The first-order chi connectivity index (χ1) is 9.70. The van der Waals surface area contributed by atoms with Crippen LogP contribution in [0.2, 0.25) is 5.02 Å². The van der Waals surface area contributed by atoms with Crippen LogP contribution in [-0.4, -0.2) is 15.8 Å². The number of rotatable bonds is 4. The van der Waals surface area contributed by atoms with Gasteiger partial charge < -0.3 is 5.32 Å². The molecule has 0 radical (unpaired) electrons. The van der Waals surface area contributed by atoms with E-state index in [-0.39, 0.29) is 10.6 Å². The normalized spacial score (nSPS) is 20.7. The second-order valence-electron chi connectivity index (χ2n) is 5.00. The summed E-state index contributed by atoms with van der Waals surface area (Å²) in [7, 11) is 0. The molecule has 1 fully saturated rings. The maximum Gasteiger partial charge on any atom is 0.287 e. The predicted octanol–water partition coefficient (Wildman–Crippen LogP) is 2.88. The highest BCUT2D eigenvalue weighted by molar-refractivity contribution is 6.32. The van der Waals surface area contributed by atoms with E-state index in [0.29, 0.717) is 24.2 Å². The van der Waals surface area contributed by atoms with E-state index in [4.69, 9.17) is 11.6 Å². The molecule has 2 atom stereocenters. The van der Waals surface area contributed by atoms with Crippen LogP contribution >= 0.6 is 11.6 Å². The average Bonchev–Trinajstić information content (AvgIpc) is 3.24. The van der Waals surface area contributed by atoms with Crippen LogP contribution in [0.4, 0.5) is 5.69 Å². The summed E-state index contributed by atoms with van der Waals surface area (Å²) in [4.78, 5) is 11.9. The number of nitrogens with one attached hydrogen (secondary N) is 1. The fourth-order valence-electron chi connectivity index (χ4n) is 2.41. The molecule has 1 heterocycles. The Labute approximate surface area is 122 Å². The third-order valence-corrected chi connectivity index (χ3v) is 4.01. The van der Waals surface area contributed by atoms with E-state index in [9.17, 15) is 4.79 Å². The van der Waals surface area contributed by atoms with Crippen LogP contribution < -0.4 is 10.9 Å². The van der Waals surface area contributed by atoms with Gasteiger partial charge in [0.1, 0.15) is 5.02 Å². The van der Waals surface area contributed by atoms with Gasteiger partial charge in [0.25, 0.3) is 5.56 Å². The van der Waals surface area contributed by atoms with Crippen molar-refractivity contribution in [2.45, 2.75) is 31.8 Å². The summed E-state index contributed by atoms with van der Waals surface area (Å²) in [5.74, 6) is 0.487. The van der Waals surface area contributed by atoms with Crippen molar-refractivity contribution in [3.63, 3.8) is 0 Å². The fraction of sp³-hybridized carbons (Fsp3) is 0.333. The molecule has 0 amide bonds. The number of aromatic nitrogens is 2. The van der Waals surface area contributed by atoms with E-state index in [1.807, 2.05) is 25.1 Å². The van der Waals surface area contributed by atoms with Crippen LogP contribution in [0.1, 0.15) is 24.8 Å². The minimum atomic E-state index is -0.240. The Kier molecular flexibility index (Phi) is 3.49. The monoisotopic (exact) mass is 289 g/mol. The minimum absolute atomic E-state index is 0.223. The van der Waals surface area contributed by atoms with Crippen LogP contribution in [0.25, 0.3) is 0 Å². The zero-order chi connectivity index (χ0) is 14.1. The van der Waals surface area contributed by atoms with Gasteiger partial charge in [0, 0.05) is 18.5 Å². The molecule has 1 N–H and O–H groups in total. The minimum Gasteiger partial charge on any atom is -0.379 e. The lowest BCUT2D eigenvalue weighted by atomic mass is 10.1. The fourth-order valence-corrected chi connectivity index (χ4v) is 2.61. The summed E-state index contributed by atoms with van der Waals surface area (Å²) in [5.41, 5.74) is 1.71. The number of anilines is 1. The Morgan fingerprint density at radius 2 is 2.15 bits per heavy atom. The van der Waals surface area contributed by atoms with Gasteiger partial charge in [-0.3, -0.25) is 4.79 Å². The number of hydrogen-bond acceptors (Lipinski definition) is 3. The van der Waals surface area contributed by atoms with E-state index in [1.165, 1.54) is 10.2 Å². The van der Waals surface area contributed by atoms with Crippen molar-refractivity contribution < 1.29 is 0 Å². The maximum absolute atomic E-state index is 11.9. The molecule has 0 aliphatic heterocycles. The van der Waals surface area contributed by atoms with Crippen LogP contribution in [0.5, 0.6) is 0 Å². The summed E-state index contributed by atoms with van der Waals surface area (Å²) in [6.07, 6.45) is 2.69. The van der Waals surface area contributed by atoms with Gasteiger partial charge in [-0.1, -0.05) is 41.9 Å². The Balaban J connectivity index is 1.75. The smallest absolute Gasteiger partial charge is 0.287 e. The molecular formula is C15H16ClN3O. The Morgan fingerprint density at radius 3 is 2.85 bits per heavy atom. The van der Waals surface area contributed by atoms with Gasteiger partial charge in [0.15, 0.2) is 0 Å². The number of benzene rings is 1. The Bertz CT molecular complexity index is 669. The number of halogens is 1. The molecule has 1 aromatic carbocycles. The summed E-state index contributed by atoms with van der Waals surface area (Å²) in [5, 5.41) is 7.63. The van der Waals surface area contributed by atoms with Crippen LogP contribution in [0.15, 0.2) is 41.3 Å². The highest BCUT2D eigenvalue weighted by Crippen LogP contribution is 2.43. The molecule has 0 saturated heterocycles.